The Morgan fingerprint density at radius 3 is 2.95 bits per heavy atom. The Kier molecular flexibility index (Phi) is 4.77. The summed E-state index contributed by atoms with van der Waals surface area (Å²) in [5, 5.41) is 3.54. The lowest BCUT2D eigenvalue weighted by Crippen LogP contribution is -2.38. The fraction of sp³-hybridized carbons (Fsp3) is 0.667. The van der Waals surface area contributed by atoms with Gasteiger partial charge < -0.3 is 10.1 Å². The summed E-state index contributed by atoms with van der Waals surface area (Å²) in [4.78, 5) is 7.13. The van der Waals surface area contributed by atoms with Crippen LogP contribution in [0.5, 0.6) is 5.75 Å². The smallest absolute Gasteiger partial charge is 0.122 e. The van der Waals surface area contributed by atoms with Crippen LogP contribution in [-0.2, 0) is 6.54 Å². The predicted octanol–water partition coefficient (Wildman–Crippen LogP) is 1.97. The molecule has 0 spiro atoms. The number of aromatic nitrogens is 1. The molecule has 4 nitrogen and oxygen atoms in total. The van der Waals surface area contributed by atoms with Crippen LogP contribution < -0.4 is 10.1 Å². The SMILES string of the molecule is COc1cc(C)nc(CN2CC(C)NCCC2C)c1. The lowest BCUT2D eigenvalue weighted by molar-refractivity contribution is 0.196. The van der Waals surface area contributed by atoms with Gasteiger partial charge in [-0.25, -0.2) is 0 Å². The van der Waals surface area contributed by atoms with Crippen molar-refractivity contribution in [2.45, 2.75) is 45.8 Å². The Morgan fingerprint density at radius 1 is 1.42 bits per heavy atom. The number of ether oxygens (including phenoxy) is 1. The Bertz CT molecular complexity index is 422. The fourth-order valence-electron chi connectivity index (χ4n) is 2.65. The fourth-order valence-corrected chi connectivity index (χ4v) is 2.65. The van der Waals surface area contributed by atoms with Crippen molar-refractivity contribution in [1.29, 1.82) is 0 Å². The summed E-state index contributed by atoms with van der Waals surface area (Å²) in [7, 11) is 1.71. The molecule has 0 aromatic carbocycles. The number of hydrogen-bond donors (Lipinski definition) is 1. The zero-order valence-corrected chi connectivity index (χ0v) is 12.4. The van der Waals surface area contributed by atoms with Crippen molar-refractivity contribution in [3.63, 3.8) is 0 Å². The van der Waals surface area contributed by atoms with Crippen LogP contribution in [0.2, 0.25) is 0 Å². The third-order valence-corrected chi connectivity index (χ3v) is 3.77. The molecule has 0 amide bonds. The highest BCUT2D eigenvalue weighted by molar-refractivity contribution is 5.26. The van der Waals surface area contributed by atoms with Gasteiger partial charge in [-0.15, -0.1) is 0 Å². The zero-order chi connectivity index (χ0) is 13.8. The number of rotatable bonds is 3. The highest BCUT2D eigenvalue weighted by atomic mass is 16.5. The van der Waals surface area contributed by atoms with E-state index in [1.54, 1.807) is 7.11 Å². The molecule has 1 aliphatic rings. The van der Waals surface area contributed by atoms with Gasteiger partial charge in [0.2, 0.25) is 0 Å². The zero-order valence-electron chi connectivity index (χ0n) is 12.4. The molecule has 1 saturated heterocycles. The quantitative estimate of drug-likeness (QED) is 0.905. The second-order valence-corrected chi connectivity index (χ2v) is 5.56. The molecule has 19 heavy (non-hydrogen) atoms. The molecule has 1 aromatic heterocycles. The van der Waals surface area contributed by atoms with E-state index in [4.69, 9.17) is 4.74 Å². The molecular formula is C15H25N3O. The van der Waals surface area contributed by atoms with Crippen molar-refractivity contribution >= 4 is 0 Å². The van der Waals surface area contributed by atoms with Gasteiger partial charge in [-0.2, -0.15) is 0 Å². The van der Waals surface area contributed by atoms with Crippen LogP contribution in [0.15, 0.2) is 12.1 Å². The van der Waals surface area contributed by atoms with Crippen LogP contribution >= 0.6 is 0 Å². The van der Waals surface area contributed by atoms with Crippen molar-refractivity contribution in [2.24, 2.45) is 0 Å². The van der Waals surface area contributed by atoms with E-state index in [1.807, 2.05) is 19.1 Å². The van der Waals surface area contributed by atoms with Crippen molar-refractivity contribution in [2.75, 3.05) is 20.2 Å². The standard InChI is InChI=1S/C15H25N3O/c1-11-7-15(19-4)8-14(17-11)10-18-9-12(2)16-6-5-13(18)3/h7-8,12-13,16H,5-6,9-10H2,1-4H3. The molecule has 1 aliphatic heterocycles. The first-order valence-corrected chi connectivity index (χ1v) is 7.07. The van der Waals surface area contributed by atoms with Gasteiger partial charge in [-0.05, 0) is 33.7 Å². The average molecular weight is 263 g/mol. The topological polar surface area (TPSA) is 37.4 Å². The van der Waals surface area contributed by atoms with Crippen molar-refractivity contribution in [3.05, 3.63) is 23.5 Å². The number of aryl methyl sites for hydroxylation is 1. The van der Waals surface area contributed by atoms with E-state index < -0.39 is 0 Å². The van der Waals surface area contributed by atoms with Crippen LogP contribution in [0.25, 0.3) is 0 Å². The van der Waals surface area contributed by atoms with Gasteiger partial charge in [-0.3, -0.25) is 9.88 Å². The molecule has 0 saturated carbocycles. The van der Waals surface area contributed by atoms with Gasteiger partial charge in [0.15, 0.2) is 0 Å². The Balaban J connectivity index is 2.12. The van der Waals surface area contributed by atoms with Crippen LogP contribution in [0.3, 0.4) is 0 Å². The van der Waals surface area contributed by atoms with Crippen LogP contribution in [-0.4, -0.2) is 42.2 Å². The predicted molar refractivity (Wildman–Crippen MR) is 77.5 cm³/mol. The molecule has 2 unspecified atom stereocenters. The van der Waals surface area contributed by atoms with Gasteiger partial charge in [-0.1, -0.05) is 0 Å². The first-order valence-electron chi connectivity index (χ1n) is 7.07. The Labute approximate surface area is 116 Å². The average Bonchev–Trinajstić information content (AvgIpc) is 2.51. The number of nitrogens with one attached hydrogen (secondary N) is 1. The second-order valence-electron chi connectivity index (χ2n) is 5.56. The summed E-state index contributed by atoms with van der Waals surface area (Å²) in [6, 6.07) is 5.14. The van der Waals surface area contributed by atoms with Gasteiger partial charge in [0.25, 0.3) is 0 Å². The highest BCUT2D eigenvalue weighted by Gasteiger charge is 2.21. The van der Waals surface area contributed by atoms with E-state index in [2.05, 4.69) is 29.0 Å². The summed E-state index contributed by atoms with van der Waals surface area (Å²) >= 11 is 0. The number of methoxy groups -OCH3 is 1. The normalized spacial score (nSPS) is 25.1. The van der Waals surface area contributed by atoms with Gasteiger partial charge in [0, 0.05) is 43.0 Å². The van der Waals surface area contributed by atoms with Crippen LogP contribution in [0, 0.1) is 6.92 Å². The second kappa shape index (κ2) is 6.35. The van der Waals surface area contributed by atoms with Crippen molar-refractivity contribution in [1.82, 2.24) is 15.2 Å². The molecular weight excluding hydrogens is 238 g/mol. The molecule has 2 heterocycles. The molecule has 0 bridgehead atoms. The van der Waals surface area contributed by atoms with Crippen LogP contribution in [0.4, 0.5) is 0 Å². The van der Waals surface area contributed by atoms with E-state index >= 15 is 0 Å². The number of pyridine rings is 1. The monoisotopic (exact) mass is 263 g/mol. The molecule has 4 heteroatoms. The number of hydrogen-bond acceptors (Lipinski definition) is 4. The van der Waals surface area contributed by atoms with Crippen LogP contribution in [0.1, 0.15) is 31.7 Å². The maximum absolute atomic E-state index is 5.33. The third kappa shape index (κ3) is 3.91. The lowest BCUT2D eigenvalue weighted by Gasteiger charge is -2.27. The molecule has 2 rings (SSSR count). The molecule has 0 aliphatic carbocycles. The molecule has 2 atom stereocenters. The minimum atomic E-state index is 0.539. The van der Waals surface area contributed by atoms with Gasteiger partial charge >= 0.3 is 0 Å². The van der Waals surface area contributed by atoms with E-state index in [1.165, 1.54) is 6.42 Å². The van der Waals surface area contributed by atoms with Crippen molar-refractivity contribution < 1.29 is 4.74 Å². The van der Waals surface area contributed by atoms with E-state index in [9.17, 15) is 0 Å². The molecule has 1 fully saturated rings. The highest BCUT2D eigenvalue weighted by Crippen LogP contribution is 2.17. The summed E-state index contributed by atoms with van der Waals surface area (Å²) in [6.07, 6.45) is 1.19. The minimum absolute atomic E-state index is 0.539. The Morgan fingerprint density at radius 2 is 2.21 bits per heavy atom. The first kappa shape index (κ1) is 14.3. The van der Waals surface area contributed by atoms with Gasteiger partial charge in [0.1, 0.15) is 5.75 Å². The molecule has 0 radical (unpaired) electrons. The largest absolute Gasteiger partial charge is 0.497 e. The maximum atomic E-state index is 5.33. The molecule has 1 N–H and O–H groups in total. The first-order chi connectivity index (χ1) is 9.08. The Hall–Kier alpha value is -1.13. The molecule has 1 aromatic rings. The maximum Gasteiger partial charge on any atom is 0.122 e. The summed E-state index contributed by atoms with van der Waals surface area (Å²) in [6.45, 7) is 9.62. The third-order valence-electron chi connectivity index (χ3n) is 3.77. The van der Waals surface area contributed by atoms with Crippen molar-refractivity contribution in [3.8, 4) is 5.75 Å². The van der Waals surface area contributed by atoms with E-state index in [-0.39, 0.29) is 0 Å². The summed E-state index contributed by atoms with van der Waals surface area (Å²) in [5.74, 6) is 0.899. The minimum Gasteiger partial charge on any atom is -0.497 e. The molecule has 106 valence electrons. The van der Waals surface area contributed by atoms with E-state index in [0.29, 0.717) is 12.1 Å². The summed E-state index contributed by atoms with van der Waals surface area (Å²) < 4.78 is 5.33. The number of nitrogens with zero attached hydrogens (tertiary/aromatic N) is 2. The van der Waals surface area contributed by atoms with Gasteiger partial charge in [0.05, 0.1) is 12.8 Å². The summed E-state index contributed by atoms with van der Waals surface area (Å²) in [5.41, 5.74) is 2.11. The van der Waals surface area contributed by atoms with E-state index in [0.717, 1.165) is 36.8 Å². The lowest BCUT2D eigenvalue weighted by atomic mass is 10.2.